The van der Waals surface area contributed by atoms with Crippen molar-refractivity contribution in [2.75, 3.05) is 29.9 Å². The summed E-state index contributed by atoms with van der Waals surface area (Å²) in [6, 6.07) is 10.4. The Labute approximate surface area is 153 Å². The van der Waals surface area contributed by atoms with Crippen molar-refractivity contribution in [1.29, 1.82) is 0 Å². The molecule has 1 saturated heterocycles. The molecule has 4 rings (SSSR count). The van der Waals surface area contributed by atoms with Gasteiger partial charge in [0.15, 0.2) is 5.65 Å². The number of halogens is 3. The van der Waals surface area contributed by atoms with Gasteiger partial charge in [-0.1, -0.05) is 6.07 Å². The molecule has 0 amide bonds. The Hall–Kier alpha value is -2.81. The van der Waals surface area contributed by atoms with E-state index >= 15 is 0 Å². The Bertz CT molecular complexity index is 938. The highest BCUT2D eigenvalue weighted by molar-refractivity contribution is 5.59. The third kappa shape index (κ3) is 3.55. The minimum atomic E-state index is -4.36. The topological polar surface area (TPSA) is 65.7 Å². The standard InChI is InChI=1S/C18H18F3N5O/c19-18(20,21)13-4-6-14(7-5-13)22-17-23-15-2-1-3-16(26(15)24-17)25-9-8-12(10-25)11-27/h1-7,12,27H,8-11H2,(H,22,24)/t12-/m0/s1. The maximum atomic E-state index is 12.7. The summed E-state index contributed by atoms with van der Waals surface area (Å²) in [6.45, 7) is 1.73. The number of aliphatic hydroxyl groups is 1. The molecular formula is C18H18F3N5O. The fraction of sp³-hybridized carbons (Fsp3) is 0.333. The number of nitrogens with zero attached hydrogens (tertiary/aromatic N) is 4. The van der Waals surface area contributed by atoms with Crippen LogP contribution in [0.2, 0.25) is 0 Å². The van der Waals surface area contributed by atoms with Crippen LogP contribution in [0.1, 0.15) is 12.0 Å². The summed E-state index contributed by atoms with van der Waals surface area (Å²) in [5.74, 6) is 1.42. The van der Waals surface area contributed by atoms with Gasteiger partial charge in [-0.25, -0.2) is 0 Å². The second-order valence-corrected chi connectivity index (χ2v) is 6.57. The van der Waals surface area contributed by atoms with Gasteiger partial charge >= 0.3 is 6.18 Å². The maximum absolute atomic E-state index is 12.7. The summed E-state index contributed by atoms with van der Waals surface area (Å²) >= 11 is 0. The van der Waals surface area contributed by atoms with Crippen molar-refractivity contribution < 1.29 is 18.3 Å². The second-order valence-electron chi connectivity index (χ2n) is 6.57. The van der Waals surface area contributed by atoms with Crippen molar-refractivity contribution in [2.45, 2.75) is 12.6 Å². The molecule has 142 valence electrons. The monoisotopic (exact) mass is 377 g/mol. The number of nitrogens with one attached hydrogen (secondary N) is 1. The highest BCUT2D eigenvalue weighted by atomic mass is 19.4. The first kappa shape index (κ1) is 17.6. The summed E-state index contributed by atoms with van der Waals surface area (Å²) in [6.07, 6.45) is -3.45. The number of alkyl halides is 3. The number of aromatic nitrogens is 3. The van der Waals surface area contributed by atoms with Gasteiger partial charge in [0.1, 0.15) is 5.82 Å². The second kappa shape index (κ2) is 6.73. The fourth-order valence-corrected chi connectivity index (χ4v) is 3.25. The Morgan fingerprint density at radius 1 is 1.15 bits per heavy atom. The molecule has 2 aromatic heterocycles. The van der Waals surface area contributed by atoms with Crippen LogP contribution in [0.3, 0.4) is 0 Å². The summed E-state index contributed by atoms with van der Waals surface area (Å²) in [4.78, 5) is 6.54. The van der Waals surface area contributed by atoms with E-state index in [9.17, 15) is 18.3 Å². The summed E-state index contributed by atoms with van der Waals surface area (Å²) < 4.78 is 39.7. The van der Waals surface area contributed by atoms with Crippen molar-refractivity contribution in [2.24, 2.45) is 5.92 Å². The van der Waals surface area contributed by atoms with E-state index in [0.29, 0.717) is 17.3 Å². The molecular weight excluding hydrogens is 359 g/mol. The van der Waals surface area contributed by atoms with E-state index < -0.39 is 11.7 Å². The molecule has 3 heterocycles. The van der Waals surface area contributed by atoms with E-state index in [4.69, 9.17) is 0 Å². The molecule has 1 atom stereocenters. The Morgan fingerprint density at radius 2 is 1.93 bits per heavy atom. The number of hydrogen-bond acceptors (Lipinski definition) is 5. The third-order valence-corrected chi connectivity index (χ3v) is 4.68. The highest BCUT2D eigenvalue weighted by Crippen LogP contribution is 2.30. The van der Waals surface area contributed by atoms with E-state index in [0.717, 1.165) is 37.5 Å². The predicted octanol–water partition coefficient (Wildman–Crippen LogP) is 3.31. The Kier molecular flexibility index (Phi) is 4.39. The number of rotatable bonds is 4. The lowest BCUT2D eigenvalue weighted by Crippen LogP contribution is -2.23. The van der Waals surface area contributed by atoms with Crippen LogP contribution in [0, 0.1) is 5.92 Å². The van der Waals surface area contributed by atoms with Gasteiger partial charge in [0.05, 0.1) is 5.56 Å². The Balaban J connectivity index is 1.58. The van der Waals surface area contributed by atoms with Gasteiger partial charge in [-0.2, -0.15) is 22.7 Å². The average Bonchev–Trinajstić information content (AvgIpc) is 3.27. The number of aliphatic hydroxyl groups excluding tert-OH is 1. The molecule has 1 aromatic carbocycles. The number of benzene rings is 1. The normalized spacial score (nSPS) is 17.6. The van der Waals surface area contributed by atoms with E-state index in [2.05, 4.69) is 20.3 Å². The van der Waals surface area contributed by atoms with Gasteiger partial charge < -0.3 is 15.3 Å². The van der Waals surface area contributed by atoms with Crippen molar-refractivity contribution in [1.82, 2.24) is 14.6 Å². The van der Waals surface area contributed by atoms with E-state index in [1.165, 1.54) is 12.1 Å². The highest BCUT2D eigenvalue weighted by Gasteiger charge is 2.30. The first-order chi connectivity index (χ1) is 12.9. The zero-order chi connectivity index (χ0) is 19.0. The lowest BCUT2D eigenvalue weighted by molar-refractivity contribution is -0.137. The first-order valence-corrected chi connectivity index (χ1v) is 8.60. The first-order valence-electron chi connectivity index (χ1n) is 8.60. The smallest absolute Gasteiger partial charge is 0.396 e. The minimum absolute atomic E-state index is 0.157. The lowest BCUT2D eigenvalue weighted by Gasteiger charge is -2.18. The molecule has 0 saturated carbocycles. The van der Waals surface area contributed by atoms with E-state index in [1.54, 1.807) is 4.52 Å². The molecule has 1 aliphatic rings. The average molecular weight is 377 g/mol. The van der Waals surface area contributed by atoms with Crippen LogP contribution in [0.25, 0.3) is 5.65 Å². The van der Waals surface area contributed by atoms with Crippen LogP contribution >= 0.6 is 0 Å². The fourth-order valence-electron chi connectivity index (χ4n) is 3.25. The van der Waals surface area contributed by atoms with Crippen LogP contribution in [0.15, 0.2) is 42.5 Å². The number of hydrogen-bond donors (Lipinski definition) is 2. The van der Waals surface area contributed by atoms with Crippen molar-refractivity contribution in [3.63, 3.8) is 0 Å². The molecule has 6 nitrogen and oxygen atoms in total. The van der Waals surface area contributed by atoms with Gasteiger partial charge in [0, 0.05) is 31.3 Å². The van der Waals surface area contributed by atoms with Gasteiger partial charge in [-0.15, -0.1) is 5.10 Å². The quantitative estimate of drug-likeness (QED) is 0.730. The molecule has 0 bridgehead atoms. The van der Waals surface area contributed by atoms with E-state index in [1.807, 2.05) is 18.2 Å². The van der Waals surface area contributed by atoms with Crippen LogP contribution in [-0.2, 0) is 6.18 Å². The lowest BCUT2D eigenvalue weighted by atomic mass is 10.1. The maximum Gasteiger partial charge on any atom is 0.416 e. The minimum Gasteiger partial charge on any atom is -0.396 e. The van der Waals surface area contributed by atoms with Crippen LogP contribution in [-0.4, -0.2) is 39.4 Å². The Morgan fingerprint density at radius 3 is 2.59 bits per heavy atom. The molecule has 9 heteroatoms. The van der Waals surface area contributed by atoms with E-state index in [-0.39, 0.29) is 12.5 Å². The van der Waals surface area contributed by atoms with Gasteiger partial charge in [-0.05, 0) is 42.8 Å². The zero-order valence-electron chi connectivity index (χ0n) is 14.3. The molecule has 27 heavy (non-hydrogen) atoms. The number of fused-ring (bicyclic) bond motifs is 1. The SMILES string of the molecule is OC[C@H]1CCN(c2cccc3nc(Nc4ccc(C(F)(F)F)cc4)nn23)C1. The molecule has 0 aliphatic carbocycles. The zero-order valence-corrected chi connectivity index (χ0v) is 14.3. The number of pyridine rings is 1. The van der Waals surface area contributed by atoms with Crippen LogP contribution in [0.4, 0.5) is 30.6 Å². The molecule has 3 aromatic rings. The molecule has 0 spiro atoms. The largest absolute Gasteiger partial charge is 0.416 e. The predicted molar refractivity (Wildman–Crippen MR) is 95.1 cm³/mol. The van der Waals surface area contributed by atoms with Crippen LogP contribution in [0.5, 0.6) is 0 Å². The summed E-state index contributed by atoms with van der Waals surface area (Å²) in [5.41, 5.74) is 0.405. The molecule has 2 N–H and O–H groups in total. The van der Waals surface area contributed by atoms with Gasteiger partial charge in [-0.3, -0.25) is 0 Å². The van der Waals surface area contributed by atoms with Crippen molar-refractivity contribution >= 4 is 23.1 Å². The summed E-state index contributed by atoms with van der Waals surface area (Å²) in [7, 11) is 0. The number of anilines is 3. The van der Waals surface area contributed by atoms with Gasteiger partial charge in [0.25, 0.3) is 0 Å². The molecule has 0 radical (unpaired) electrons. The molecule has 0 unspecified atom stereocenters. The summed E-state index contributed by atoms with van der Waals surface area (Å²) in [5, 5.41) is 16.7. The van der Waals surface area contributed by atoms with Crippen LogP contribution < -0.4 is 10.2 Å². The van der Waals surface area contributed by atoms with Crippen molar-refractivity contribution in [3.05, 3.63) is 48.0 Å². The molecule has 1 aliphatic heterocycles. The van der Waals surface area contributed by atoms with Crippen molar-refractivity contribution in [3.8, 4) is 0 Å². The molecule has 1 fully saturated rings. The van der Waals surface area contributed by atoms with Gasteiger partial charge in [0.2, 0.25) is 5.95 Å². The third-order valence-electron chi connectivity index (χ3n) is 4.68.